The molecule has 2 fully saturated rings. The van der Waals surface area contributed by atoms with Gasteiger partial charge in [0.2, 0.25) is 0 Å². The highest BCUT2D eigenvalue weighted by Crippen LogP contribution is 2.18. The molecular formula is C18H25N3O3. The van der Waals surface area contributed by atoms with Crippen LogP contribution in [0.15, 0.2) is 24.3 Å². The number of piperidine rings is 2. The quantitative estimate of drug-likeness (QED) is 0.873. The molecule has 1 atom stereocenters. The molecule has 6 nitrogen and oxygen atoms in total. The third kappa shape index (κ3) is 4.06. The number of β-amino-alcohol motifs (C(OH)–C–C–N with tert-alkyl or cyclic N) is 1. The van der Waals surface area contributed by atoms with E-state index in [4.69, 9.17) is 0 Å². The van der Waals surface area contributed by atoms with Crippen LogP contribution in [0.5, 0.6) is 0 Å². The van der Waals surface area contributed by atoms with Gasteiger partial charge in [0.1, 0.15) is 0 Å². The fourth-order valence-electron chi connectivity index (χ4n) is 3.35. The van der Waals surface area contributed by atoms with Crippen molar-refractivity contribution in [3.8, 4) is 0 Å². The van der Waals surface area contributed by atoms with Crippen LogP contribution in [-0.2, 0) is 0 Å². The molecule has 2 aliphatic heterocycles. The van der Waals surface area contributed by atoms with Crippen LogP contribution in [0, 0.1) is 0 Å². The number of amides is 3. The summed E-state index contributed by atoms with van der Waals surface area (Å²) < 4.78 is 0. The van der Waals surface area contributed by atoms with Gasteiger partial charge in [0.05, 0.1) is 6.10 Å². The smallest absolute Gasteiger partial charge is 0.321 e. The second-order valence-corrected chi connectivity index (χ2v) is 6.61. The first kappa shape index (κ1) is 16.8. The van der Waals surface area contributed by atoms with Crippen LogP contribution < -0.4 is 5.32 Å². The Morgan fingerprint density at radius 3 is 2.54 bits per heavy atom. The maximum atomic E-state index is 12.6. The fraction of sp³-hybridized carbons (Fsp3) is 0.556. The van der Waals surface area contributed by atoms with E-state index < -0.39 is 6.10 Å². The standard InChI is InChI=1S/C18H25N3O3/c22-16-8-5-11-21(13-16)18(24)19-15-7-4-6-14(12-15)17(23)20-9-2-1-3-10-20/h4,6-7,12,16,22H,1-3,5,8-11,13H2,(H,19,24)/t16-/m1/s1. The first-order valence-corrected chi connectivity index (χ1v) is 8.77. The summed E-state index contributed by atoms with van der Waals surface area (Å²) in [5, 5.41) is 12.5. The number of nitrogens with zero attached hydrogens (tertiary/aromatic N) is 2. The first-order valence-electron chi connectivity index (χ1n) is 8.77. The molecule has 0 saturated carbocycles. The van der Waals surface area contributed by atoms with Crippen molar-refractivity contribution in [3.63, 3.8) is 0 Å². The Hall–Kier alpha value is -2.08. The van der Waals surface area contributed by atoms with Crippen molar-refractivity contribution in [2.75, 3.05) is 31.5 Å². The Morgan fingerprint density at radius 1 is 1.04 bits per heavy atom. The van der Waals surface area contributed by atoms with E-state index in [9.17, 15) is 14.7 Å². The molecule has 6 heteroatoms. The predicted octanol–water partition coefficient (Wildman–Crippen LogP) is 2.30. The predicted molar refractivity (Wildman–Crippen MR) is 92.0 cm³/mol. The Morgan fingerprint density at radius 2 is 1.79 bits per heavy atom. The number of hydrogen-bond donors (Lipinski definition) is 2. The topological polar surface area (TPSA) is 72.9 Å². The summed E-state index contributed by atoms with van der Waals surface area (Å²) in [4.78, 5) is 28.4. The summed E-state index contributed by atoms with van der Waals surface area (Å²) in [5.74, 6) is 0.0270. The number of aliphatic hydroxyl groups is 1. The minimum atomic E-state index is -0.448. The lowest BCUT2D eigenvalue weighted by molar-refractivity contribution is 0.0724. The Bertz CT molecular complexity index is 599. The van der Waals surface area contributed by atoms with E-state index in [-0.39, 0.29) is 11.9 Å². The Kier molecular flexibility index (Phi) is 5.35. The molecule has 0 aliphatic carbocycles. The van der Waals surface area contributed by atoms with E-state index in [1.165, 1.54) is 6.42 Å². The number of aliphatic hydroxyl groups excluding tert-OH is 1. The zero-order chi connectivity index (χ0) is 16.9. The van der Waals surface area contributed by atoms with Crippen LogP contribution in [0.25, 0.3) is 0 Å². The Balaban J connectivity index is 1.64. The average molecular weight is 331 g/mol. The molecule has 2 N–H and O–H groups in total. The number of benzene rings is 1. The zero-order valence-electron chi connectivity index (χ0n) is 13.9. The van der Waals surface area contributed by atoms with Gasteiger partial charge in [-0.15, -0.1) is 0 Å². The van der Waals surface area contributed by atoms with Crippen LogP contribution in [-0.4, -0.2) is 59.1 Å². The van der Waals surface area contributed by atoms with E-state index in [0.29, 0.717) is 24.3 Å². The maximum Gasteiger partial charge on any atom is 0.321 e. The van der Waals surface area contributed by atoms with E-state index in [2.05, 4.69) is 5.32 Å². The lowest BCUT2D eigenvalue weighted by Gasteiger charge is -2.30. The second-order valence-electron chi connectivity index (χ2n) is 6.61. The summed E-state index contributed by atoms with van der Waals surface area (Å²) >= 11 is 0. The molecule has 0 bridgehead atoms. The van der Waals surface area contributed by atoms with Gasteiger partial charge < -0.3 is 20.2 Å². The summed E-state index contributed by atoms with van der Waals surface area (Å²) in [7, 11) is 0. The molecule has 2 aliphatic rings. The largest absolute Gasteiger partial charge is 0.391 e. The molecule has 130 valence electrons. The molecule has 24 heavy (non-hydrogen) atoms. The van der Waals surface area contributed by atoms with Crippen LogP contribution in [0.2, 0.25) is 0 Å². The molecule has 0 spiro atoms. The summed E-state index contributed by atoms with van der Waals surface area (Å²) in [5.41, 5.74) is 1.22. The summed E-state index contributed by atoms with van der Waals surface area (Å²) in [6.07, 6.45) is 4.39. The highest BCUT2D eigenvalue weighted by molar-refractivity contribution is 5.97. The first-order chi connectivity index (χ1) is 11.6. The van der Waals surface area contributed by atoms with Gasteiger partial charge in [-0.2, -0.15) is 0 Å². The van der Waals surface area contributed by atoms with Crippen molar-refractivity contribution in [3.05, 3.63) is 29.8 Å². The molecule has 0 unspecified atom stereocenters. The highest BCUT2D eigenvalue weighted by atomic mass is 16.3. The molecule has 3 amide bonds. The van der Waals surface area contributed by atoms with Gasteiger partial charge in [-0.05, 0) is 50.3 Å². The zero-order valence-corrected chi connectivity index (χ0v) is 13.9. The molecule has 3 rings (SSSR count). The van der Waals surface area contributed by atoms with Crippen molar-refractivity contribution in [1.82, 2.24) is 9.80 Å². The number of carbonyl (C=O) groups excluding carboxylic acids is 2. The van der Waals surface area contributed by atoms with E-state index in [1.807, 2.05) is 4.90 Å². The van der Waals surface area contributed by atoms with E-state index >= 15 is 0 Å². The average Bonchev–Trinajstić information content (AvgIpc) is 2.62. The van der Waals surface area contributed by atoms with Gasteiger partial charge in [-0.3, -0.25) is 4.79 Å². The van der Waals surface area contributed by atoms with Crippen LogP contribution in [0.1, 0.15) is 42.5 Å². The number of carbonyl (C=O) groups is 2. The summed E-state index contributed by atoms with van der Waals surface area (Å²) in [6, 6.07) is 6.87. The molecule has 1 aromatic rings. The molecule has 2 saturated heterocycles. The van der Waals surface area contributed by atoms with Gasteiger partial charge in [0.25, 0.3) is 5.91 Å². The minimum Gasteiger partial charge on any atom is -0.391 e. The molecule has 0 aromatic heterocycles. The Labute approximate surface area is 142 Å². The van der Waals surface area contributed by atoms with E-state index in [0.717, 1.165) is 38.8 Å². The van der Waals surface area contributed by atoms with Gasteiger partial charge in [-0.25, -0.2) is 4.79 Å². The van der Waals surface area contributed by atoms with Gasteiger partial charge in [0.15, 0.2) is 0 Å². The lowest BCUT2D eigenvalue weighted by Crippen LogP contribution is -2.44. The number of anilines is 1. The summed E-state index contributed by atoms with van der Waals surface area (Å²) in [6.45, 7) is 2.62. The normalized spacial score (nSPS) is 21.5. The molecule has 1 aromatic carbocycles. The van der Waals surface area contributed by atoms with E-state index in [1.54, 1.807) is 29.2 Å². The maximum absolute atomic E-state index is 12.6. The van der Waals surface area contributed by atoms with Crippen molar-refractivity contribution >= 4 is 17.6 Å². The van der Waals surface area contributed by atoms with Gasteiger partial charge >= 0.3 is 6.03 Å². The van der Waals surface area contributed by atoms with Gasteiger partial charge in [0, 0.05) is 37.4 Å². The van der Waals surface area contributed by atoms with Crippen LogP contribution >= 0.6 is 0 Å². The van der Waals surface area contributed by atoms with Crippen LogP contribution in [0.3, 0.4) is 0 Å². The monoisotopic (exact) mass is 331 g/mol. The minimum absolute atomic E-state index is 0.0270. The molecule has 0 radical (unpaired) electrons. The lowest BCUT2D eigenvalue weighted by atomic mass is 10.1. The number of rotatable bonds is 2. The van der Waals surface area contributed by atoms with Crippen molar-refractivity contribution < 1.29 is 14.7 Å². The van der Waals surface area contributed by atoms with Crippen molar-refractivity contribution in [2.45, 2.75) is 38.2 Å². The second kappa shape index (κ2) is 7.66. The molecular weight excluding hydrogens is 306 g/mol. The SMILES string of the molecule is O=C(Nc1cccc(C(=O)N2CCCCC2)c1)N1CCC[C@@H](O)C1. The highest BCUT2D eigenvalue weighted by Gasteiger charge is 2.23. The number of nitrogens with one attached hydrogen (secondary N) is 1. The number of hydrogen-bond acceptors (Lipinski definition) is 3. The van der Waals surface area contributed by atoms with Gasteiger partial charge in [-0.1, -0.05) is 6.07 Å². The fourth-order valence-corrected chi connectivity index (χ4v) is 3.35. The molecule has 2 heterocycles. The third-order valence-electron chi connectivity index (χ3n) is 4.69. The van der Waals surface area contributed by atoms with Crippen molar-refractivity contribution in [2.24, 2.45) is 0 Å². The number of likely N-dealkylation sites (tertiary alicyclic amines) is 2. The van der Waals surface area contributed by atoms with Crippen LogP contribution in [0.4, 0.5) is 10.5 Å². The number of urea groups is 1. The third-order valence-corrected chi connectivity index (χ3v) is 4.69. The van der Waals surface area contributed by atoms with Crippen molar-refractivity contribution in [1.29, 1.82) is 0 Å².